The Balaban J connectivity index is 3.37. The van der Waals surface area contributed by atoms with Gasteiger partial charge in [-0.25, -0.2) is 4.79 Å². The summed E-state index contributed by atoms with van der Waals surface area (Å²) in [5.74, 6) is -1.87. The second kappa shape index (κ2) is 9.38. The Morgan fingerprint density at radius 2 is 1.65 bits per heavy atom. The highest BCUT2D eigenvalue weighted by atomic mass is 16.6. The van der Waals surface area contributed by atoms with Crippen LogP contribution in [0.4, 0.5) is 0 Å². The molecule has 0 fully saturated rings. The van der Waals surface area contributed by atoms with Crippen molar-refractivity contribution in [3.05, 3.63) is 12.7 Å². The van der Waals surface area contributed by atoms with Crippen LogP contribution in [0, 0.1) is 0 Å². The molecule has 0 saturated carbocycles. The minimum absolute atomic E-state index is 0.00264. The first-order valence-electron chi connectivity index (χ1n) is 5.23. The lowest BCUT2D eigenvalue weighted by atomic mass is 10.2. The van der Waals surface area contributed by atoms with E-state index in [2.05, 4.69) is 11.3 Å². The molecule has 0 atom stereocenters. The van der Waals surface area contributed by atoms with E-state index in [9.17, 15) is 14.4 Å². The Labute approximate surface area is 99.2 Å². The van der Waals surface area contributed by atoms with E-state index >= 15 is 0 Å². The van der Waals surface area contributed by atoms with E-state index in [0.29, 0.717) is 12.8 Å². The number of ether oxygens (including phenoxy) is 2. The van der Waals surface area contributed by atoms with Crippen LogP contribution in [0.15, 0.2) is 12.7 Å². The van der Waals surface area contributed by atoms with Crippen LogP contribution in [-0.4, -0.2) is 36.2 Å². The van der Waals surface area contributed by atoms with Gasteiger partial charge in [-0.15, -0.1) is 0 Å². The summed E-state index contributed by atoms with van der Waals surface area (Å²) in [6.07, 6.45) is 2.15. The summed E-state index contributed by atoms with van der Waals surface area (Å²) in [5, 5.41) is 8.35. The van der Waals surface area contributed by atoms with Gasteiger partial charge in [0.2, 0.25) is 0 Å². The fourth-order valence-electron chi connectivity index (χ4n) is 0.974. The first kappa shape index (κ1) is 15.2. The summed E-state index contributed by atoms with van der Waals surface area (Å²) < 4.78 is 9.33. The average Bonchev–Trinajstić information content (AvgIpc) is 2.29. The molecule has 1 N–H and O–H groups in total. The van der Waals surface area contributed by atoms with Crippen molar-refractivity contribution in [2.75, 3.05) is 13.2 Å². The number of aliphatic carboxylic acids is 1. The van der Waals surface area contributed by atoms with Crippen molar-refractivity contribution in [1.82, 2.24) is 0 Å². The molecule has 0 unspecified atom stereocenters. The molecule has 0 aliphatic rings. The second-order valence-electron chi connectivity index (χ2n) is 3.19. The molecule has 0 spiro atoms. The largest absolute Gasteiger partial charge is 0.481 e. The molecule has 0 aromatic carbocycles. The number of esters is 2. The molecule has 0 aromatic heterocycles. The van der Waals surface area contributed by atoms with Crippen LogP contribution in [0.25, 0.3) is 0 Å². The smallest absolute Gasteiger partial charge is 0.330 e. The van der Waals surface area contributed by atoms with Crippen molar-refractivity contribution in [3.8, 4) is 0 Å². The van der Waals surface area contributed by atoms with Gasteiger partial charge in [-0.2, -0.15) is 0 Å². The van der Waals surface area contributed by atoms with E-state index in [4.69, 9.17) is 9.84 Å². The zero-order valence-electron chi connectivity index (χ0n) is 9.52. The monoisotopic (exact) mass is 244 g/mol. The summed E-state index contributed by atoms with van der Waals surface area (Å²) in [7, 11) is 0. The first-order valence-corrected chi connectivity index (χ1v) is 5.23. The summed E-state index contributed by atoms with van der Waals surface area (Å²) >= 11 is 0. The van der Waals surface area contributed by atoms with Crippen LogP contribution in [0.1, 0.15) is 25.7 Å². The van der Waals surface area contributed by atoms with Gasteiger partial charge in [0.1, 0.15) is 13.2 Å². The van der Waals surface area contributed by atoms with Gasteiger partial charge >= 0.3 is 17.9 Å². The van der Waals surface area contributed by atoms with Crippen molar-refractivity contribution in [2.45, 2.75) is 25.7 Å². The van der Waals surface area contributed by atoms with Crippen LogP contribution in [0.5, 0.6) is 0 Å². The maximum atomic E-state index is 11.1. The zero-order valence-corrected chi connectivity index (χ0v) is 9.52. The Hall–Kier alpha value is -1.85. The molecule has 0 aliphatic carbocycles. The zero-order chi connectivity index (χ0) is 13.1. The van der Waals surface area contributed by atoms with Crippen molar-refractivity contribution in [2.24, 2.45) is 0 Å². The average molecular weight is 244 g/mol. The van der Waals surface area contributed by atoms with Gasteiger partial charge in [0.15, 0.2) is 0 Å². The molecular weight excluding hydrogens is 228 g/mol. The van der Waals surface area contributed by atoms with Crippen molar-refractivity contribution >= 4 is 17.9 Å². The van der Waals surface area contributed by atoms with E-state index < -0.39 is 17.9 Å². The quantitative estimate of drug-likeness (QED) is 0.368. The van der Waals surface area contributed by atoms with E-state index in [1.807, 2.05) is 0 Å². The molecule has 17 heavy (non-hydrogen) atoms. The predicted molar refractivity (Wildman–Crippen MR) is 58.2 cm³/mol. The number of carboxylic acid groups (broad SMARTS) is 1. The number of hydrogen-bond acceptors (Lipinski definition) is 5. The standard InChI is InChI=1S/C11H16O6/c1-2-10(14)16-7-8-17-11(15)6-4-3-5-9(12)13/h2H,1,3-8H2,(H,12,13). The Kier molecular flexibility index (Phi) is 8.36. The van der Waals surface area contributed by atoms with E-state index in [1.54, 1.807) is 0 Å². The lowest BCUT2D eigenvalue weighted by molar-refractivity contribution is -0.149. The number of rotatable bonds is 9. The second-order valence-corrected chi connectivity index (χ2v) is 3.19. The molecule has 96 valence electrons. The van der Waals surface area contributed by atoms with Gasteiger partial charge in [0.05, 0.1) is 0 Å². The lowest BCUT2D eigenvalue weighted by Gasteiger charge is -2.04. The van der Waals surface area contributed by atoms with Gasteiger partial charge in [0.25, 0.3) is 0 Å². The van der Waals surface area contributed by atoms with E-state index in [0.717, 1.165) is 6.08 Å². The summed E-state index contributed by atoms with van der Waals surface area (Å²) in [6.45, 7) is 3.20. The minimum atomic E-state index is -0.880. The van der Waals surface area contributed by atoms with E-state index in [-0.39, 0.29) is 26.1 Å². The minimum Gasteiger partial charge on any atom is -0.481 e. The normalized spacial score (nSPS) is 9.41. The Bertz CT molecular complexity index is 284. The van der Waals surface area contributed by atoms with Gasteiger partial charge in [-0.3, -0.25) is 9.59 Å². The number of carboxylic acids is 1. The van der Waals surface area contributed by atoms with Gasteiger partial charge in [-0.1, -0.05) is 6.58 Å². The van der Waals surface area contributed by atoms with Crippen LogP contribution in [0.2, 0.25) is 0 Å². The van der Waals surface area contributed by atoms with Crippen LogP contribution >= 0.6 is 0 Å². The maximum Gasteiger partial charge on any atom is 0.330 e. The molecule has 0 aliphatic heterocycles. The molecule has 6 heteroatoms. The summed E-state index contributed by atoms with van der Waals surface area (Å²) in [5.41, 5.74) is 0. The summed E-state index contributed by atoms with van der Waals surface area (Å²) in [4.78, 5) is 31.8. The summed E-state index contributed by atoms with van der Waals surface area (Å²) in [6, 6.07) is 0. The fourth-order valence-corrected chi connectivity index (χ4v) is 0.974. The first-order chi connectivity index (χ1) is 8.06. The highest BCUT2D eigenvalue weighted by molar-refractivity contribution is 5.81. The third-order valence-corrected chi connectivity index (χ3v) is 1.78. The van der Waals surface area contributed by atoms with Gasteiger partial charge < -0.3 is 14.6 Å². The molecule has 0 saturated heterocycles. The molecule has 0 radical (unpaired) electrons. The number of hydrogen-bond donors (Lipinski definition) is 1. The number of carbonyl (C=O) groups is 3. The lowest BCUT2D eigenvalue weighted by Crippen LogP contribution is -2.12. The van der Waals surface area contributed by atoms with Crippen molar-refractivity contribution < 1.29 is 29.0 Å². The maximum absolute atomic E-state index is 11.1. The molecule has 0 bridgehead atoms. The van der Waals surface area contributed by atoms with Crippen LogP contribution in [0.3, 0.4) is 0 Å². The SMILES string of the molecule is C=CC(=O)OCCOC(=O)CCCCC(=O)O. The highest BCUT2D eigenvalue weighted by Gasteiger charge is 2.04. The number of unbranched alkanes of at least 4 members (excludes halogenated alkanes) is 1. The van der Waals surface area contributed by atoms with Gasteiger partial charge in [-0.05, 0) is 12.8 Å². The third kappa shape index (κ3) is 10.4. The number of carbonyl (C=O) groups excluding carboxylic acids is 2. The highest BCUT2D eigenvalue weighted by Crippen LogP contribution is 2.01. The molecule has 0 amide bonds. The van der Waals surface area contributed by atoms with Crippen molar-refractivity contribution in [3.63, 3.8) is 0 Å². The van der Waals surface area contributed by atoms with Gasteiger partial charge in [0, 0.05) is 18.9 Å². The molecule has 0 aromatic rings. The molecule has 0 rings (SSSR count). The predicted octanol–water partition coefficient (Wildman–Crippen LogP) is 0.904. The van der Waals surface area contributed by atoms with Crippen LogP contribution in [-0.2, 0) is 23.9 Å². The Morgan fingerprint density at radius 3 is 2.24 bits per heavy atom. The Morgan fingerprint density at radius 1 is 1.06 bits per heavy atom. The third-order valence-electron chi connectivity index (χ3n) is 1.78. The van der Waals surface area contributed by atoms with Crippen LogP contribution < -0.4 is 0 Å². The topological polar surface area (TPSA) is 89.9 Å². The molecule has 0 heterocycles. The van der Waals surface area contributed by atoms with Crippen molar-refractivity contribution in [1.29, 1.82) is 0 Å². The molecular formula is C11H16O6. The fraction of sp³-hybridized carbons (Fsp3) is 0.545. The molecule has 6 nitrogen and oxygen atoms in total. The van der Waals surface area contributed by atoms with E-state index in [1.165, 1.54) is 0 Å².